The molecule has 1 saturated heterocycles. The van der Waals surface area contributed by atoms with E-state index in [1.54, 1.807) is 0 Å². The molecule has 1 unspecified atom stereocenters. The number of rotatable bonds is 6. The number of nitrogens with one attached hydrogen (secondary N) is 2. The summed E-state index contributed by atoms with van der Waals surface area (Å²) in [5, 5.41) is 5.44. The molecular formula is C20H26N4O3. The Hall–Kier alpha value is -2.64. The monoisotopic (exact) mass is 370 g/mol. The first kappa shape index (κ1) is 19.1. The van der Waals surface area contributed by atoms with Gasteiger partial charge in [0.2, 0.25) is 0 Å². The number of benzene rings is 1. The molecule has 0 aliphatic carbocycles. The summed E-state index contributed by atoms with van der Waals surface area (Å²) < 4.78 is 7.48. The van der Waals surface area contributed by atoms with Gasteiger partial charge in [0.15, 0.2) is 0 Å². The number of hydrogen-bond acceptors (Lipinski definition) is 4. The Morgan fingerprint density at radius 2 is 1.74 bits per heavy atom. The van der Waals surface area contributed by atoms with Crippen LogP contribution in [0.1, 0.15) is 17.3 Å². The van der Waals surface area contributed by atoms with Gasteiger partial charge in [-0.2, -0.15) is 0 Å². The van der Waals surface area contributed by atoms with Crippen LogP contribution in [0.15, 0.2) is 48.7 Å². The van der Waals surface area contributed by atoms with E-state index in [9.17, 15) is 9.59 Å². The zero-order chi connectivity index (χ0) is 19.1. The van der Waals surface area contributed by atoms with Gasteiger partial charge in [0.25, 0.3) is 0 Å². The summed E-state index contributed by atoms with van der Waals surface area (Å²) >= 11 is 0. The summed E-state index contributed by atoms with van der Waals surface area (Å²) in [7, 11) is 1.98. The minimum absolute atomic E-state index is 0.000210. The number of carbonyl (C=O) groups excluding carboxylic acids is 2. The zero-order valence-corrected chi connectivity index (χ0v) is 15.6. The van der Waals surface area contributed by atoms with Crippen molar-refractivity contribution < 1.29 is 14.3 Å². The van der Waals surface area contributed by atoms with E-state index in [1.807, 2.05) is 60.3 Å². The molecule has 0 saturated carbocycles. The van der Waals surface area contributed by atoms with Crippen LogP contribution in [0.2, 0.25) is 0 Å². The Bertz CT molecular complexity index is 754. The lowest BCUT2D eigenvalue weighted by Gasteiger charge is -2.34. The Labute approximate surface area is 159 Å². The van der Waals surface area contributed by atoms with Gasteiger partial charge in [-0.1, -0.05) is 30.3 Å². The highest BCUT2D eigenvalue weighted by atomic mass is 16.5. The van der Waals surface area contributed by atoms with E-state index in [0.717, 1.165) is 24.3 Å². The summed E-state index contributed by atoms with van der Waals surface area (Å²) in [5.74, 6) is -1.23. The molecule has 3 rings (SSSR count). The highest BCUT2D eigenvalue weighted by Gasteiger charge is 2.25. The molecule has 1 aliphatic heterocycles. The molecule has 7 nitrogen and oxygen atoms in total. The van der Waals surface area contributed by atoms with Crippen LogP contribution in [0.25, 0.3) is 0 Å². The predicted molar refractivity (Wildman–Crippen MR) is 102 cm³/mol. The second-order valence-electron chi connectivity index (χ2n) is 6.59. The van der Waals surface area contributed by atoms with Gasteiger partial charge < -0.3 is 19.9 Å². The summed E-state index contributed by atoms with van der Waals surface area (Å²) in [6.45, 7) is 3.64. The average molecular weight is 370 g/mol. The number of morpholine rings is 1. The molecule has 1 aromatic carbocycles. The second-order valence-corrected chi connectivity index (χ2v) is 6.59. The topological polar surface area (TPSA) is 75.6 Å². The third-order valence-corrected chi connectivity index (χ3v) is 4.77. The van der Waals surface area contributed by atoms with E-state index in [1.165, 1.54) is 0 Å². The first-order valence-electron chi connectivity index (χ1n) is 9.18. The summed E-state index contributed by atoms with van der Waals surface area (Å²) in [6.07, 6.45) is 1.98. The van der Waals surface area contributed by atoms with Crippen molar-refractivity contribution in [3.8, 4) is 0 Å². The van der Waals surface area contributed by atoms with Crippen LogP contribution in [0, 0.1) is 0 Å². The summed E-state index contributed by atoms with van der Waals surface area (Å²) in [5.41, 5.74) is 2.05. The molecule has 2 amide bonds. The molecule has 2 N–H and O–H groups in total. The highest BCUT2D eigenvalue weighted by molar-refractivity contribution is 6.35. The maximum Gasteiger partial charge on any atom is 0.309 e. The molecule has 2 aromatic rings. The normalized spacial score (nSPS) is 15.9. The SMILES string of the molecule is Cn1cccc1C(CNC(=O)C(=O)NCc1ccccc1)N1CCOCC1. The number of aryl methyl sites for hydroxylation is 1. The minimum Gasteiger partial charge on any atom is -0.379 e. The molecule has 7 heteroatoms. The average Bonchev–Trinajstić information content (AvgIpc) is 3.13. The maximum atomic E-state index is 12.2. The van der Waals surface area contributed by atoms with Crippen molar-refractivity contribution in [2.75, 3.05) is 32.8 Å². The third kappa shape index (κ3) is 5.18. The van der Waals surface area contributed by atoms with Crippen LogP contribution in [0.3, 0.4) is 0 Å². The fraction of sp³-hybridized carbons (Fsp3) is 0.400. The quantitative estimate of drug-likeness (QED) is 0.739. The van der Waals surface area contributed by atoms with Gasteiger partial charge in [-0.05, 0) is 17.7 Å². The molecule has 0 bridgehead atoms. The Balaban J connectivity index is 1.56. The van der Waals surface area contributed by atoms with E-state index < -0.39 is 11.8 Å². The van der Waals surface area contributed by atoms with Crippen LogP contribution in [0.4, 0.5) is 0 Å². The van der Waals surface area contributed by atoms with Gasteiger partial charge in [0, 0.05) is 45.1 Å². The van der Waals surface area contributed by atoms with Gasteiger partial charge >= 0.3 is 11.8 Å². The molecule has 144 valence electrons. The number of hydrogen-bond donors (Lipinski definition) is 2. The molecule has 1 aliphatic rings. The van der Waals surface area contributed by atoms with Crippen molar-refractivity contribution in [3.63, 3.8) is 0 Å². The van der Waals surface area contributed by atoms with Crippen molar-refractivity contribution >= 4 is 11.8 Å². The molecule has 0 radical (unpaired) electrons. The predicted octanol–water partition coefficient (Wildman–Crippen LogP) is 0.831. The third-order valence-electron chi connectivity index (χ3n) is 4.77. The lowest BCUT2D eigenvalue weighted by molar-refractivity contribution is -0.139. The Morgan fingerprint density at radius 1 is 1.04 bits per heavy atom. The number of nitrogens with zero attached hydrogens (tertiary/aromatic N) is 2. The van der Waals surface area contributed by atoms with Gasteiger partial charge in [-0.15, -0.1) is 0 Å². The maximum absolute atomic E-state index is 12.2. The van der Waals surface area contributed by atoms with Crippen molar-refractivity contribution in [2.24, 2.45) is 7.05 Å². The highest BCUT2D eigenvalue weighted by Crippen LogP contribution is 2.21. The number of aromatic nitrogens is 1. The van der Waals surface area contributed by atoms with Crippen molar-refractivity contribution in [3.05, 3.63) is 59.9 Å². The molecule has 27 heavy (non-hydrogen) atoms. The largest absolute Gasteiger partial charge is 0.379 e. The Morgan fingerprint density at radius 3 is 2.41 bits per heavy atom. The molecule has 1 aromatic heterocycles. The Kier molecular flexibility index (Phi) is 6.62. The lowest BCUT2D eigenvalue weighted by atomic mass is 10.1. The van der Waals surface area contributed by atoms with Gasteiger partial charge in [-0.25, -0.2) is 0 Å². The van der Waals surface area contributed by atoms with Crippen LogP contribution >= 0.6 is 0 Å². The smallest absolute Gasteiger partial charge is 0.309 e. The van der Waals surface area contributed by atoms with Gasteiger partial charge in [0.05, 0.1) is 19.3 Å². The van der Waals surface area contributed by atoms with Crippen LogP contribution in [0.5, 0.6) is 0 Å². The standard InChI is InChI=1S/C20H26N4O3/c1-23-9-5-8-17(23)18(24-10-12-27-13-11-24)15-22-20(26)19(25)21-14-16-6-3-2-4-7-16/h2-9,18H,10-15H2,1H3,(H,21,25)(H,22,26). The number of amides is 2. The molecule has 1 fully saturated rings. The second kappa shape index (κ2) is 9.34. The molecule has 0 spiro atoms. The van der Waals surface area contributed by atoms with E-state index in [-0.39, 0.29) is 6.04 Å². The van der Waals surface area contributed by atoms with E-state index in [4.69, 9.17) is 4.74 Å². The van der Waals surface area contributed by atoms with E-state index >= 15 is 0 Å². The van der Waals surface area contributed by atoms with E-state index in [2.05, 4.69) is 15.5 Å². The molecular weight excluding hydrogens is 344 g/mol. The first-order valence-corrected chi connectivity index (χ1v) is 9.18. The number of carbonyl (C=O) groups is 2. The van der Waals surface area contributed by atoms with Crippen LogP contribution in [-0.2, 0) is 27.9 Å². The zero-order valence-electron chi connectivity index (χ0n) is 15.6. The van der Waals surface area contributed by atoms with Crippen LogP contribution in [-0.4, -0.2) is 54.1 Å². The lowest BCUT2D eigenvalue weighted by Crippen LogP contribution is -2.47. The van der Waals surface area contributed by atoms with E-state index in [0.29, 0.717) is 26.3 Å². The van der Waals surface area contributed by atoms with Crippen LogP contribution < -0.4 is 10.6 Å². The number of ether oxygens (including phenoxy) is 1. The van der Waals surface area contributed by atoms with Gasteiger partial charge in [-0.3, -0.25) is 14.5 Å². The fourth-order valence-corrected chi connectivity index (χ4v) is 3.26. The minimum atomic E-state index is -0.619. The summed E-state index contributed by atoms with van der Waals surface area (Å²) in [6, 6.07) is 13.5. The van der Waals surface area contributed by atoms with Crippen molar-refractivity contribution in [1.82, 2.24) is 20.1 Å². The molecule has 1 atom stereocenters. The van der Waals surface area contributed by atoms with Crippen molar-refractivity contribution in [1.29, 1.82) is 0 Å². The molecule has 2 heterocycles. The van der Waals surface area contributed by atoms with Crippen molar-refractivity contribution in [2.45, 2.75) is 12.6 Å². The van der Waals surface area contributed by atoms with Gasteiger partial charge in [0.1, 0.15) is 0 Å². The summed E-state index contributed by atoms with van der Waals surface area (Å²) in [4.78, 5) is 26.6. The fourth-order valence-electron chi connectivity index (χ4n) is 3.26. The first-order chi connectivity index (χ1) is 13.1.